The van der Waals surface area contributed by atoms with Crippen molar-refractivity contribution < 1.29 is 26.8 Å². The van der Waals surface area contributed by atoms with E-state index in [9.17, 15) is 17.6 Å². The molecule has 3 aromatic rings. The second-order valence-corrected chi connectivity index (χ2v) is 9.74. The number of rotatable bonds is 8. The topological polar surface area (TPSA) is 88.9 Å². The van der Waals surface area contributed by atoms with Gasteiger partial charge in [0.2, 0.25) is 10.0 Å². The number of piperidine rings is 1. The van der Waals surface area contributed by atoms with Crippen molar-refractivity contribution >= 4 is 15.9 Å². The van der Waals surface area contributed by atoms with Gasteiger partial charge in [-0.1, -0.05) is 18.6 Å². The molecular formula is C24H25FN2O5S. The van der Waals surface area contributed by atoms with E-state index in [1.807, 2.05) is 0 Å². The van der Waals surface area contributed by atoms with Gasteiger partial charge in [-0.05, 0) is 66.9 Å². The lowest BCUT2D eigenvalue weighted by atomic mass is 10.2. The molecule has 0 unspecified atom stereocenters. The Balaban J connectivity index is 1.29. The molecule has 0 radical (unpaired) electrons. The minimum atomic E-state index is -3.48. The van der Waals surface area contributed by atoms with Crippen LogP contribution in [0.2, 0.25) is 0 Å². The van der Waals surface area contributed by atoms with Crippen LogP contribution in [0.3, 0.4) is 0 Å². The number of halogens is 1. The average Bonchev–Trinajstić information content (AvgIpc) is 3.32. The van der Waals surface area contributed by atoms with Gasteiger partial charge in [0.1, 0.15) is 23.9 Å². The minimum Gasteiger partial charge on any atom is -0.486 e. The molecule has 2 heterocycles. The van der Waals surface area contributed by atoms with Gasteiger partial charge in [-0.2, -0.15) is 4.31 Å². The maximum atomic E-state index is 12.9. The second kappa shape index (κ2) is 10.2. The van der Waals surface area contributed by atoms with Crippen molar-refractivity contribution in [2.24, 2.45) is 0 Å². The third kappa shape index (κ3) is 5.80. The number of sulfonamides is 1. The number of furan rings is 1. The van der Waals surface area contributed by atoms with Crippen molar-refractivity contribution in [2.75, 3.05) is 13.1 Å². The van der Waals surface area contributed by atoms with Crippen molar-refractivity contribution in [3.05, 3.63) is 83.6 Å². The zero-order chi connectivity index (χ0) is 23.3. The predicted octanol–water partition coefficient (Wildman–Crippen LogP) is 4.10. The molecule has 0 spiro atoms. The summed E-state index contributed by atoms with van der Waals surface area (Å²) in [6.07, 6.45) is 2.83. The van der Waals surface area contributed by atoms with Crippen LogP contribution < -0.4 is 10.1 Å². The highest BCUT2D eigenvalue weighted by Crippen LogP contribution is 2.21. The molecule has 1 amide bonds. The Morgan fingerprint density at radius 2 is 1.67 bits per heavy atom. The van der Waals surface area contributed by atoms with Crippen LogP contribution in [0.15, 0.2) is 70.0 Å². The number of amides is 1. The molecule has 1 aliphatic heterocycles. The van der Waals surface area contributed by atoms with Crippen LogP contribution in [0.5, 0.6) is 5.75 Å². The van der Waals surface area contributed by atoms with E-state index in [4.69, 9.17) is 9.15 Å². The maximum Gasteiger partial charge on any atom is 0.287 e. The van der Waals surface area contributed by atoms with Crippen LogP contribution in [-0.4, -0.2) is 31.7 Å². The maximum absolute atomic E-state index is 12.9. The van der Waals surface area contributed by atoms with Crippen molar-refractivity contribution in [1.29, 1.82) is 0 Å². The lowest BCUT2D eigenvalue weighted by Crippen LogP contribution is -2.35. The summed E-state index contributed by atoms with van der Waals surface area (Å²) in [5.74, 6) is 0.337. The van der Waals surface area contributed by atoms with Gasteiger partial charge in [-0.15, -0.1) is 0 Å². The molecule has 33 heavy (non-hydrogen) atoms. The first-order chi connectivity index (χ1) is 15.9. The molecule has 1 N–H and O–H groups in total. The van der Waals surface area contributed by atoms with E-state index < -0.39 is 15.9 Å². The van der Waals surface area contributed by atoms with Crippen LogP contribution in [0.25, 0.3) is 0 Å². The van der Waals surface area contributed by atoms with Gasteiger partial charge < -0.3 is 14.5 Å². The summed E-state index contributed by atoms with van der Waals surface area (Å²) >= 11 is 0. The number of nitrogens with one attached hydrogen (secondary N) is 1. The largest absolute Gasteiger partial charge is 0.486 e. The standard InChI is InChI=1S/C24H25FN2O5S/c25-19-6-8-20(9-7-19)31-17-21-10-13-23(32-21)24(28)26-16-18-4-11-22(12-5-18)33(29,30)27-14-2-1-3-15-27/h4-13H,1-3,14-17H2,(H,26,28). The molecule has 9 heteroatoms. The highest BCUT2D eigenvalue weighted by molar-refractivity contribution is 7.89. The molecule has 0 saturated carbocycles. The fraction of sp³-hybridized carbons (Fsp3) is 0.292. The molecule has 1 fully saturated rings. The Morgan fingerprint density at radius 3 is 2.36 bits per heavy atom. The van der Waals surface area contributed by atoms with Gasteiger partial charge in [0.25, 0.3) is 5.91 Å². The Hall–Kier alpha value is -3.17. The van der Waals surface area contributed by atoms with Crippen LogP contribution >= 0.6 is 0 Å². The normalized spacial score (nSPS) is 14.7. The first-order valence-electron chi connectivity index (χ1n) is 10.8. The van der Waals surface area contributed by atoms with E-state index in [0.717, 1.165) is 24.8 Å². The smallest absolute Gasteiger partial charge is 0.287 e. The fourth-order valence-corrected chi connectivity index (χ4v) is 5.08. The first kappa shape index (κ1) is 23.0. The van der Waals surface area contributed by atoms with Gasteiger partial charge in [-0.3, -0.25) is 4.79 Å². The lowest BCUT2D eigenvalue weighted by Gasteiger charge is -2.25. The van der Waals surface area contributed by atoms with Crippen molar-refractivity contribution in [3.8, 4) is 5.75 Å². The molecule has 174 valence electrons. The number of benzene rings is 2. The average molecular weight is 473 g/mol. The molecule has 2 aromatic carbocycles. The number of ether oxygens (including phenoxy) is 1. The highest BCUT2D eigenvalue weighted by atomic mass is 32.2. The Labute approximate surface area is 192 Å². The minimum absolute atomic E-state index is 0.103. The molecule has 0 bridgehead atoms. The van der Waals surface area contributed by atoms with Crippen molar-refractivity contribution in [3.63, 3.8) is 0 Å². The zero-order valence-electron chi connectivity index (χ0n) is 18.0. The summed E-state index contributed by atoms with van der Waals surface area (Å²) in [6.45, 7) is 1.44. The van der Waals surface area contributed by atoms with Gasteiger partial charge in [0.15, 0.2) is 5.76 Å². The number of nitrogens with zero attached hydrogens (tertiary/aromatic N) is 1. The number of hydrogen-bond donors (Lipinski definition) is 1. The van der Waals surface area contributed by atoms with E-state index in [0.29, 0.717) is 24.6 Å². The lowest BCUT2D eigenvalue weighted by molar-refractivity contribution is 0.0919. The number of hydrogen-bond acceptors (Lipinski definition) is 5. The Bertz CT molecular complexity index is 1180. The summed E-state index contributed by atoms with van der Waals surface area (Å²) in [6, 6.07) is 15.3. The van der Waals surface area contributed by atoms with Crippen LogP contribution in [0.4, 0.5) is 4.39 Å². The fourth-order valence-electron chi connectivity index (χ4n) is 3.57. The van der Waals surface area contributed by atoms with Crippen molar-refractivity contribution in [1.82, 2.24) is 9.62 Å². The second-order valence-electron chi connectivity index (χ2n) is 7.80. The Morgan fingerprint density at radius 1 is 0.970 bits per heavy atom. The summed E-state index contributed by atoms with van der Waals surface area (Å²) in [4.78, 5) is 12.6. The molecule has 1 saturated heterocycles. The molecular weight excluding hydrogens is 447 g/mol. The predicted molar refractivity (Wildman–Crippen MR) is 120 cm³/mol. The molecule has 0 atom stereocenters. The zero-order valence-corrected chi connectivity index (χ0v) is 18.8. The molecule has 0 aliphatic carbocycles. The first-order valence-corrected chi connectivity index (χ1v) is 12.2. The quantitative estimate of drug-likeness (QED) is 0.533. The monoisotopic (exact) mass is 472 g/mol. The van der Waals surface area contributed by atoms with E-state index in [2.05, 4.69) is 5.32 Å². The molecule has 7 nitrogen and oxygen atoms in total. The van der Waals surface area contributed by atoms with E-state index in [1.54, 1.807) is 36.4 Å². The Kier molecular flexibility index (Phi) is 7.10. The van der Waals surface area contributed by atoms with Crippen molar-refractivity contribution in [2.45, 2.75) is 37.3 Å². The third-order valence-corrected chi connectivity index (χ3v) is 7.32. The van der Waals surface area contributed by atoms with Crippen LogP contribution in [0.1, 0.15) is 41.1 Å². The van der Waals surface area contributed by atoms with Crippen LogP contribution in [0, 0.1) is 5.82 Å². The summed E-state index contributed by atoms with van der Waals surface area (Å²) in [5, 5.41) is 2.76. The number of carbonyl (C=O) groups is 1. The summed E-state index contributed by atoms with van der Waals surface area (Å²) in [5.41, 5.74) is 0.771. The van der Waals surface area contributed by atoms with Gasteiger partial charge >= 0.3 is 0 Å². The number of carbonyl (C=O) groups excluding carboxylic acids is 1. The SMILES string of the molecule is O=C(NCc1ccc(S(=O)(=O)N2CCCCC2)cc1)c1ccc(COc2ccc(F)cc2)o1. The highest BCUT2D eigenvalue weighted by Gasteiger charge is 2.25. The van der Waals surface area contributed by atoms with E-state index in [1.165, 1.54) is 28.6 Å². The van der Waals surface area contributed by atoms with E-state index >= 15 is 0 Å². The molecule has 1 aliphatic rings. The summed E-state index contributed by atoms with van der Waals surface area (Å²) in [7, 11) is -3.48. The molecule has 4 rings (SSSR count). The van der Waals surface area contributed by atoms with Crippen LogP contribution in [-0.2, 0) is 23.2 Å². The van der Waals surface area contributed by atoms with E-state index in [-0.39, 0.29) is 29.6 Å². The molecule has 1 aromatic heterocycles. The van der Waals surface area contributed by atoms with Gasteiger partial charge in [0, 0.05) is 19.6 Å². The summed E-state index contributed by atoms with van der Waals surface area (Å²) < 4.78 is 50.9. The van der Waals surface area contributed by atoms with Gasteiger partial charge in [-0.25, -0.2) is 12.8 Å². The third-order valence-electron chi connectivity index (χ3n) is 5.41. The van der Waals surface area contributed by atoms with Gasteiger partial charge in [0.05, 0.1) is 4.90 Å².